The number of nitrogens with zero attached hydrogens (tertiary/aromatic N) is 2. The first-order chi connectivity index (χ1) is 13.5. The molecule has 3 rings (SSSR count). The zero-order valence-corrected chi connectivity index (χ0v) is 18.3. The maximum atomic E-state index is 11.6. The Morgan fingerprint density at radius 2 is 1.86 bits per heavy atom. The van der Waals surface area contributed by atoms with E-state index in [1.807, 2.05) is 26.0 Å². The summed E-state index contributed by atoms with van der Waals surface area (Å²) in [4.78, 5) is 7.04. The minimum absolute atomic E-state index is 0.297. The van der Waals surface area contributed by atoms with E-state index in [2.05, 4.69) is 16.8 Å². The molecule has 0 radical (unpaired) electrons. The number of ether oxygens (including phenoxy) is 1. The summed E-state index contributed by atoms with van der Waals surface area (Å²) < 4.78 is 29.1. The highest BCUT2D eigenvalue weighted by molar-refractivity contribution is 7.90. The summed E-state index contributed by atoms with van der Waals surface area (Å²) >= 11 is 0. The van der Waals surface area contributed by atoms with E-state index >= 15 is 0 Å². The third-order valence-corrected chi connectivity index (χ3v) is 6.36. The molecular weight excluding hydrogens is 388 g/mol. The van der Waals surface area contributed by atoms with Crippen LogP contribution in [0, 0.1) is 11.8 Å². The minimum atomic E-state index is -3.20. The minimum Gasteiger partial charge on any atom is -0.492 e. The molecule has 0 amide bonds. The third-order valence-electron chi connectivity index (χ3n) is 5.23. The number of pyridine rings is 1. The molecule has 1 fully saturated rings. The standard InChI is InChI=1S/C22H30N2O4S/c1-16-12-24(15-22(2,3)25)13-18(16)14-28-19-7-10-21(23-11-19)17-5-8-20(9-6-17)29(4,26)27/h5-11,16,18,25H,12-15H2,1-4H3. The molecule has 1 N–H and O–H groups in total. The second-order valence-electron chi connectivity index (χ2n) is 8.73. The zero-order chi connectivity index (χ0) is 21.2. The molecule has 7 heteroatoms. The molecule has 158 valence electrons. The Balaban J connectivity index is 1.57. The normalized spacial score (nSPS) is 20.7. The molecule has 1 aromatic carbocycles. The van der Waals surface area contributed by atoms with Crippen molar-refractivity contribution >= 4 is 9.84 Å². The lowest BCUT2D eigenvalue weighted by molar-refractivity contribution is 0.0417. The molecule has 2 heterocycles. The molecule has 0 aliphatic carbocycles. The predicted octanol–water partition coefficient (Wildman–Crippen LogP) is 2.87. The van der Waals surface area contributed by atoms with Crippen molar-refractivity contribution < 1.29 is 18.3 Å². The molecule has 2 unspecified atom stereocenters. The Kier molecular flexibility index (Phi) is 6.31. The fourth-order valence-electron chi connectivity index (χ4n) is 3.75. The number of sulfone groups is 1. The van der Waals surface area contributed by atoms with Crippen LogP contribution < -0.4 is 4.74 Å². The van der Waals surface area contributed by atoms with Crippen LogP contribution in [0.3, 0.4) is 0 Å². The highest BCUT2D eigenvalue weighted by Crippen LogP contribution is 2.26. The van der Waals surface area contributed by atoms with Gasteiger partial charge in [-0.25, -0.2) is 8.42 Å². The van der Waals surface area contributed by atoms with Crippen molar-refractivity contribution in [1.82, 2.24) is 9.88 Å². The number of hydrogen-bond acceptors (Lipinski definition) is 6. The molecule has 2 atom stereocenters. The van der Waals surface area contributed by atoms with E-state index < -0.39 is 15.4 Å². The molecule has 1 saturated heterocycles. The first kappa shape index (κ1) is 21.7. The van der Waals surface area contributed by atoms with Gasteiger partial charge in [0.2, 0.25) is 0 Å². The molecule has 2 aromatic rings. The van der Waals surface area contributed by atoms with Crippen molar-refractivity contribution in [2.45, 2.75) is 31.3 Å². The zero-order valence-electron chi connectivity index (χ0n) is 17.5. The first-order valence-electron chi connectivity index (χ1n) is 9.85. The van der Waals surface area contributed by atoms with Crippen molar-refractivity contribution in [1.29, 1.82) is 0 Å². The number of likely N-dealkylation sites (tertiary alicyclic amines) is 1. The second-order valence-corrected chi connectivity index (χ2v) is 10.7. The third kappa shape index (κ3) is 6.01. The second kappa shape index (κ2) is 8.42. The number of aliphatic hydroxyl groups is 1. The van der Waals surface area contributed by atoms with Gasteiger partial charge in [0.1, 0.15) is 5.75 Å². The summed E-state index contributed by atoms with van der Waals surface area (Å²) in [6.45, 7) is 9.07. The van der Waals surface area contributed by atoms with E-state index in [4.69, 9.17) is 4.74 Å². The van der Waals surface area contributed by atoms with Gasteiger partial charge < -0.3 is 9.84 Å². The van der Waals surface area contributed by atoms with Crippen LogP contribution in [0.15, 0.2) is 47.5 Å². The highest BCUT2D eigenvalue weighted by Gasteiger charge is 2.32. The van der Waals surface area contributed by atoms with E-state index in [9.17, 15) is 13.5 Å². The van der Waals surface area contributed by atoms with Crippen molar-refractivity contribution in [3.63, 3.8) is 0 Å². The molecule has 1 aromatic heterocycles. The average Bonchev–Trinajstić information content (AvgIpc) is 2.97. The van der Waals surface area contributed by atoms with Crippen LogP contribution in [-0.4, -0.2) is 61.5 Å². The Morgan fingerprint density at radius 1 is 1.17 bits per heavy atom. The molecule has 29 heavy (non-hydrogen) atoms. The van der Waals surface area contributed by atoms with E-state index in [1.54, 1.807) is 30.5 Å². The number of rotatable bonds is 7. The van der Waals surface area contributed by atoms with Gasteiger partial charge in [0.15, 0.2) is 9.84 Å². The van der Waals surface area contributed by atoms with Crippen LogP contribution in [0.2, 0.25) is 0 Å². The topological polar surface area (TPSA) is 79.7 Å². The monoisotopic (exact) mass is 418 g/mol. The van der Waals surface area contributed by atoms with Gasteiger partial charge in [-0.1, -0.05) is 19.1 Å². The molecule has 0 saturated carbocycles. The summed E-state index contributed by atoms with van der Waals surface area (Å²) in [7, 11) is -3.20. The maximum Gasteiger partial charge on any atom is 0.175 e. The smallest absolute Gasteiger partial charge is 0.175 e. The van der Waals surface area contributed by atoms with Crippen molar-refractivity contribution in [3.8, 4) is 17.0 Å². The van der Waals surface area contributed by atoms with Crippen molar-refractivity contribution in [2.75, 3.05) is 32.5 Å². The number of benzene rings is 1. The van der Waals surface area contributed by atoms with E-state index in [-0.39, 0.29) is 0 Å². The lowest BCUT2D eigenvalue weighted by atomic mass is 9.99. The average molecular weight is 419 g/mol. The fourth-order valence-corrected chi connectivity index (χ4v) is 4.38. The van der Waals surface area contributed by atoms with Gasteiger partial charge in [0.25, 0.3) is 0 Å². The molecule has 6 nitrogen and oxygen atoms in total. The summed E-state index contributed by atoms with van der Waals surface area (Å²) in [5.74, 6) is 1.65. The molecule has 0 bridgehead atoms. The first-order valence-corrected chi connectivity index (χ1v) is 11.7. The van der Waals surface area contributed by atoms with Crippen LogP contribution in [0.5, 0.6) is 5.75 Å². The van der Waals surface area contributed by atoms with Gasteiger partial charge in [0.05, 0.1) is 29.0 Å². The Hall–Kier alpha value is -1.96. The predicted molar refractivity (Wildman–Crippen MR) is 114 cm³/mol. The van der Waals surface area contributed by atoms with Crippen LogP contribution in [0.4, 0.5) is 0 Å². The summed E-state index contributed by atoms with van der Waals surface area (Å²) in [6, 6.07) is 10.5. The number of hydrogen-bond donors (Lipinski definition) is 1. The fraction of sp³-hybridized carbons (Fsp3) is 0.500. The lowest BCUT2D eigenvalue weighted by Gasteiger charge is -2.25. The Bertz CT molecular complexity index is 919. The lowest BCUT2D eigenvalue weighted by Crippen LogP contribution is -2.37. The Morgan fingerprint density at radius 3 is 2.41 bits per heavy atom. The van der Waals surface area contributed by atoms with Gasteiger partial charge in [-0.3, -0.25) is 9.88 Å². The van der Waals surface area contributed by atoms with Crippen molar-refractivity contribution in [3.05, 3.63) is 42.6 Å². The van der Waals surface area contributed by atoms with Gasteiger partial charge in [-0.15, -0.1) is 0 Å². The molecule has 1 aliphatic heterocycles. The highest BCUT2D eigenvalue weighted by atomic mass is 32.2. The van der Waals surface area contributed by atoms with Crippen LogP contribution >= 0.6 is 0 Å². The van der Waals surface area contributed by atoms with Gasteiger partial charge in [0, 0.05) is 37.4 Å². The number of β-amino-alcohol motifs (C(OH)–C–C–N with tert-alkyl or cyclic N) is 1. The molecular formula is C22H30N2O4S. The summed E-state index contributed by atoms with van der Waals surface area (Å²) in [5, 5.41) is 10.0. The Labute approximate surface area is 173 Å². The van der Waals surface area contributed by atoms with Crippen molar-refractivity contribution in [2.24, 2.45) is 11.8 Å². The summed E-state index contributed by atoms with van der Waals surface area (Å²) in [6.07, 6.45) is 2.90. The van der Waals surface area contributed by atoms with Crippen LogP contribution in [0.25, 0.3) is 11.3 Å². The van der Waals surface area contributed by atoms with Gasteiger partial charge >= 0.3 is 0 Å². The maximum absolute atomic E-state index is 11.6. The molecule has 0 spiro atoms. The molecule has 1 aliphatic rings. The van der Waals surface area contributed by atoms with Gasteiger partial charge in [-0.2, -0.15) is 0 Å². The SMILES string of the molecule is CC1CN(CC(C)(C)O)CC1COc1ccc(-c2ccc(S(C)(=O)=O)cc2)nc1. The van der Waals surface area contributed by atoms with E-state index in [1.165, 1.54) is 6.26 Å². The van der Waals surface area contributed by atoms with Gasteiger partial charge in [-0.05, 0) is 44.0 Å². The number of aromatic nitrogens is 1. The van der Waals surface area contributed by atoms with E-state index in [0.29, 0.717) is 29.9 Å². The largest absolute Gasteiger partial charge is 0.492 e. The van der Waals surface area contributed by atoms with Crippen LogP contribution in [0.1, 0.15) is 20.8 Å². The quantitative estimate of drug-likeness (QED) is 0.745. The van der Waals surface area contributed by atoms with E-state index in [0.717, 1.165) is 30.1 Å². The van der Waals surface area contributed by atoms with Crippen LogP contribution in [-0.2, 0) is 9.84 Å². The summed E-state index contributed by atoms with van der Waals surface area (Å²) in [5.41, 5.74) is 0.938.